The third kappa shape index (κ3) is 4.41. The number of amides is 1. The number of carbonyl (C=O) groups excluding carboxylic acids is 1. The van der Waals surface area contributed by atoms with Crippen molar-refractivity contribution in [2.75, 3.05) is 32.2 Å². The lowest BCUT2D eigenvalue weighted by Gasteiger charge is -2.18. The van der Waals surface area contributed by atoms with E-state index in [1.54, 1.807) is 40.9 Å². The van der Waals surface area contributed by atoms with Crippen molar-refractivity contribution in [3.63, 3.8) is 0 Å². The summed E-state index contributed by atoms with van der Waals surface area (Å²) in [6, 6.07) is 14.8. The molecular formula is C24H21BrClN5O3. The normalized spacial score (nSPS) is 12.2. The number of aromatic nitrogens is 3. The van der Waals surface area contributed by atoms with E-state index >= 15 is 0 Å². The van der Waals surface area contributed by atoms with E-state index in [1.807, 2.05) is 30.3 Å². The summed E-state index contributed by atoms with van der Waals surface area (Å²) in [5, 5.41) is 8.46. The third-order valence-corrected chi connectivity index (χ3v) is 6.41. The second-order valence-corrected chi connectivity index (χ2v) is 9.07. The molecule has 0 saturated carbocycles. The molecule has 2 aromatic carbocycles. The van der Waals surface area contributed by atoms with Gasteiger partial charge in [-0.2, -0.15) is 9.61 Å². The molecule has 0 saturated heterocycles. The van der Waals surface area contributed by atoms with Crippen LogP contribution in [-0.2, 0) is 0 Å². The van der Waals surface area contributed by atoms with Crippen LogP contribution in [-0.4, -0.2) is 52.3 Å². The van der Waals surface area contributed by atoms with Gasteiger partial charge >= 0.3 is 0 Å². The van der Waals surface area contributed by atoms with Gasteiger partial charge in [0.15, 0.2) is 17.1 Å². The number of benzene rings is 2. The Kier molecular flexibility index (Phi) is 6.30. The first-order valence-corrected chi connectivity index (χ1v) is 11.9. The van der Waals surface area contributed by atoms with E-state index < -0.39 is 0 Å². The zero-order valence-corrected chi connectivity index (χ0v) is 20.6. The summed E-state index contributed by atoms with van der Waals surface area (Å²) >= 11 is 9.92. The molecule has 174 valence electrons. The van der Waals surface area contributed by atoms with Gasteiger partial charge in [0.2, 0.25) is 6.79 Å². The van der Waals surface area contributed by atoms with Crippen LogP contribution < -0.4 is 14.8 Å². The lowest BCUT2D eigenvalue weighted by Crippen LogP contribution is -2.29. The number of anilines is 1. The quantitative estimate of drug-likeness (QED) is 0.327. The van der Waals surface area contributed by atoms with Gasteiger partial charge in [0.05, 0.1) is 16.4 Å². The minimum Gasteiger partial charge on any atom is -0.454 e. The highest BCUT2D eigenvalue weighted by atomic mass is 79.9. The Morgan fingerprint density at radius 1 is 1.21 bits per heavy atom. The summed E-state index contributed by atoms with van der Waals surface area (Å²) in [5.74, 6) is 1.98. The molecule has 0 unspecified atom stereocenters. The Morgan fingerprint density at radius 2 is 2.03 bits per heavy atom. The average molecular weight is 543 g/mol. The summed E-state index contributed by atoms with van der Waals surface area (Å²) < 4.78 is 13.2. The predicted octanol–water partition coefficient (Wildman–Crippen LogP) is 5.12. The SMILES string of the molecule is CN(CCCNc1cc(-c2ccccc2Cl)nc2c(Br)cnn12)C(=O)c1ccc2c(c1)OCO2. The van der Waals surface area contributed by atoms with Crippen molar-refractivity contribution in [3.8, 4) is 22.8 Å². The molecule has 1 amide bonds. The van der Waals surface area contributed by atoms with E-state index in [4.69, 9.17) is 26.1 Å². The smallest absolute Gasteiger partial charge is 0.253 e. The van der Waals surface area contributed by atoms with Crippen LogP contribution in [0.1, 0.15) is 16.8 Å². The van der Waals surface area contributed by atoms with Crippen molar-refractivity contribution in [2.24, 2.45) is 0 Å². The molecule has 0 bridgehead atoms. The number of nitrogens with zero attached hydrogens (tertiary/aromatic N) is 4. The number of fused-ring (bicyclic) bond motifs is 2. The molecule has 1 N–H and O–H groups in total. The predicted molar refractivity (Wildman–Crippen MR) is 134 cm³/mol. The Balaban J connectivity index is 1.26. The summed E-state index contributed by atoms with van der Waals surface area (Å²) in [5.41, 5.74) is 2.85. The van der Waals surface area contributed by atoms with Gasteiger partial charge in [-0.1, -0.05) is 29.8 Å². The molecule has 3 heterocycles. The van der Waals surface area contributed by atoms with E-state index in [0.29, 0.717) is 40.8 Å². The zero-order valence-electron chi connectivity index (χ0n) is 18.3. The summed E-state index contributed by atoms with van der Waals surface area (Å²) in [7, 11) is 1.79. The molecule has 5 rings (SSSR count). The van der Waals surface area contributed by atoms with Gasteiger partial charge in [0.25, 0.3) is 5.91 Å². The first kappa shape index (κ1) is 22.5. The molecule has 0 spiro atoms. The van der Waals surface area contributed by atoms with Crippen molar-refractivity contribution < 1.29 is 14.3 Å². The minimum atomic E-state index is -0.0679. The maximum absolute atomic E-state index is 12.8. The average Bonchev–Trinajstić information content (AvgIpc) is 3.47. The largest absolute Gasteiger partial charge is 0.454 e. The Morgan fingerprint density at radius 3 is 2.88 bits per heavy atom. The van der Waals surface area contributed by atoms with Crippen molar-refractivity contribution in [2.45, 2.75) is 6.42 Å². The number of hydrogen-bond acceptors (Lipinski definition) is 6. The number of carbonyl (C=O) groups is 1. The maximum atomic E-state index is 12.8. The minimum absolute atomic E-state index is 0.0679. The molecule has 10 heteroatoms. The van der Waals surface area contributed by atoms with Crippen molar-refractivity contribution in [1.82, 2.24) is 19.5 Å². The van der Waals surface area contributed by atoms with Crippen molar-refractivity contribution in [3.05, 3.63) is 69.8 Å². The van der Waals surface area contributed by atoms with Crippen molar-refractivity contribution >= 4 is 44.9 Å². The molecule has 8 nitrogen and oxygen atoms in total. The fraction of sp³-hybridized carbons (Fsp3) is 0.208. The third-order valence-electron chi connectivity index (χ3n) is 5.52. The highest BCUT2D eigenvalue weighted by molar-refractivity contribution is 9.10. The van der Waals surface area contributed by atoms with Crippen LogP contribution in [0.4, 0.5) is 5.82 Å². The topological polar surface area (TPSA) is 81.0 Å². The van der Waals surface area contributed by atoms with E-state index in [2.05, 4.69) is 26.3 Å². The van der Waals surface area contributed by atoms with Crippen LogP contribution in [0.2, 0.25) is 5.02 Å². The molecule has 2 aromatic heterocycles. The molecule has 0 atom stereocenters. The van der Waals surface area contributed by atoms with Gasteiger partial charge in [0, 0.05) is 42.4 Å². The summed E-state index contributed by atoms with van der Waals surface area (Å²) in [4.78, 5) is 19.2. The van der Waals surface area contributed by atoms with Crippen molar-refractivity contribution in [1.29, 1.82) is 0 Å². The number of nitrogens with one attached hydrogen (secondary N) is 1. The first-order valence-electron chi connectivity index (χ1n) is 10.7. The molecular weight excluding hydrogens is 522 g/mol. The first-order chi connectivity index (χ1) is 16.5. The lowest BCUT2D eigenvalue weighted by atomic mass is 10.1. The fourth-order valence-corrected chi connectivity index (χ4v) is 4.33. The van der Waals surface area contributed by atoms with E-state index in [9.17, 15) is 4.79 Å². The number of hydrogen-bond donors (Lipinski definition) is 1. The highest BCUT2D eigenvalue weighted by Gasteiger charge is 2.18. The lowest BCUT2D eigenvalue weighted by molar-refractivity contribution is 0.0794. The van der Waals surface area contributed by atoms with Crippen LogP contribution >= 0.6 is 27.5 Å². The van der Waals surface area contributed by atoms with Gasteiger partial charge in [-0.3, -0.25) is 4.79 Å². The number of ether oxygens (including phenoxy) is 2. The standard InChI is InChI=1S/C24H21BrClN5O3/c1-30(24(32)15-7-8-20-21(11-15)34-14-33-20)10-4-9-27-22-12-19(16-5-2-3-6-18(16)26)29-23-17(25)13-28-31(22)23/h2-3,5-8,11-13,27H,4,9-10,14H2,1H3. The Bertz CT molecular complexity index is 1380. The molecule has 34 heavy (non-hydrogen) atoms. The molecule has 0 radical (unpaired) electrons. The van der Waals surface area contributed by atoms with Crippen LogP contribution in [0, 0.1) is 0 Å². The fourth-order valence-electron chi connectivity index (χ4n) is 3.75. The van der Waals surface area contributed by atoms with E-state index in [1.165, 1.54) is 0 Å². The number of halogens is 2. The van der Waals surface area contributed by atoms with Gasteiger partial charge in [-0.25, -0.2) is 4.98 Å². The maximum Gasteiger partial charge on any atom is 0.253 e. The van der Waals surface area contributed by atoms with Crippen LogP contribution in [0.5, 0.6) is 11.5 Å². The van der Waals surface area contributed by atoms with Gasteiger partial charge < -0.3 is 19.7 Å². The summed E-state index contributed by atoms with van der Waals surface area (Å²) in [6.45, 7) is 1.40. The Hall–Kier alpha value is -3.30. The zero-order chi connectivity index (χ0) is 23.7. The number of rotatable bonds is 7. The highest BCUT2D eigenvalue weighted by Crippen LogP contribution is 2.33. The monoisotopic (exact) mass is 541 g/mol. The second-order valence-electron chi connectivity index (χ2n) is 7.81. The molecule has 1 aliphatic rings. The van der Waals surface area contributed by atoms with Crippen LogP contribution in [0.25, 0.3) is 16.9 Å². The van der Waals surface area contributed by atoms with E-state index in [-0.39, 0.29) is 12.7 Å². The van der Waals surface area contributed by atoms with Crippen LogP contribution in [0.3, 0.4) is 0 Å². The van der Waals surface area contributed by atoms with Gasteiger partial charge in [-0.15, -0.1) is 0 Å². The molecule has 4 aromatic rings. The van der Waals surface area contributed by atoms with Gasteiger partial charge in [0.1, 0.15) is 5.82 Å². The molecule has 0 aliphatic carbocycles. The van der Waals surface area contributed by atoms with E-state index in [0.717, 1.165) is 28.0 Å². The second kappa shape index (κ2) is 9.52. The Labute approximate surface area is 209 Å². The molecule has 1 aliphatic heterocycles. The molecule has 0 fully saturated rings. The van der Waals surface area contributed by atoms with Gasteiger partial charge in [-0.05, 0) is 46.6 Å². The van der Waals surface area contributed by atoms with Crippen LogP contribution in [0.15, 0.2) is 59.2 Å². The summed E-state index contributed by atoms with van der Waals surface area (Å²) in [6.07, 6.45) is 2.45.